The molecule has 0 aromatic carbocycles. The first-order valence-electron chi connectivity index (χ1n) is 8.48. The lowest BCUT2D eigenvalue weighted by atomic mass is 10.1. The molecular weight excluding hydrogens is 371 g/mol. The van der Waals surface area contributed by atoms with E-state index >= 15 is 0 Å². The summed E-state index contributed by atoms with van der Waals surface area (Å²) in [7, 11) is 0. The highest BCUT2D eigenvalue weighted by Crippen LogP contribution is 2.36. The third kappa shape index (κ3) is 2.51. The minimum absolute atomic E-state index is 0.0174. The number of fused-ring (bicyclic) bond motifs is 5. The first-order valence-corrected chi connectivity index (χ1v) is 8.48. The number of ether oxygens (including phenoxy) is 2. The monoisotopic (exact) mass is 384 g/mol. The number of nitrogens with one attached hydrogen (secondary N) is 1. The molecule has 0 radical (unpaired) electrons. The highest BCUT2D eigenvalue weighted by Gasteiger charge is 2.39. The van der Waals surface area contributed by atoms with Crippen LogP contribution in [0.1, 0.15) is 22.0 Å². The van der Waals surface area contributed by atoms with Crippen molar-refractivity contribution in [3.63, 3.8) is 0 Å². The second-order valence-corrected chi connectivity index (χ2v) is 6.23. The van der Waals surface area contributed by atoms with Gasteiger partial charge in [0.25, 0.3) is 5.91 Å². The number of nitrogens with zero attached hydrogens (tertiary/aromatic N) is 5. The topological polar surface area (TPSA) is 111 Å². The van der Waals surface area contributed by atoms with Gasteiger partial charge in [-0.3, -0.25) is 9.69 Å². The molecule has 3 aromatic rings. The molecule has 1 saturated heterocycles. The van der Waals surface area contributed by atoms with Gasteiger partial charge in [-0.2, -0.15) is 5.10 Å². The molecule has 1 fully saturated rings. The van der Waals surface area contributed by atoms with Gasteiger partial charge in [0.15, 0.2) is 5.65 Å². The summed E-state index contributed by atoms with van der Waals surface area (Å²) in [6.07, 6.45) is 3.36. The Kier molecular flexibility index (Phi) is 3.60. The molecule has 2 aliphatic rings. The van der Waals surface area contributed by atoms with Gasteiger partial charge in [-0.1, -0.05) is 0 Å². The van der Waals surface area contributed by atoms with Gasteiger partial charge in [0, 0.05) is 11.8 Å². The molecule has 2 amide bonds. The lowest BCUT2D eigenvalue weighted by Crippen LogP contribution is -2.29. The van der Waals surface area contributed by atoms with Gasteiger partial charge >= 0.3 is 6.09 Å². The SMILES string of the molecule is O=C1NCCOc2ncc(F)cc2[C@H]2COC(=O)N2c2ccn3ncc1c3n2. The van der Waals surface area contributed by atoms with Crippen LogP contribution in [-0.2, 0) is 4.74 Å². The number of halogens is 1. The minimum Gasteiger partial charge on any atom is -0.476 e. The van der Waals surface area contributed by atoms with Crippen LogP contribution in [0.15, 0.2) is 30.7 Å². The molecule has 0 aliphatic carbocycles. The standard InChI is InChI=1S/C17H13FN6O4/c18-9-5-10-12-8-28-17(26)24(12)13-1-3-23-14(22-13)11(7-21-23)15(25)19-2-4-27-16(10)20-6-9/h1,3,5-7,12H,2,4,8H2,(H,19,25)/t12-/m1/s1. The van der Waals surface area contributed by atoms with Crippen LogP contribution < -0.4 is 15.0 Å². The van der Waals surface area contributed by atoms with Crippen LogP contribution in [0.5, 0.6) is 5.88 Å². The second kappa shape index (κ2) is 6.15. The minimum atomic E-state index is -0.684. The molecule has 5 heterocycles. The van der Waals surface area contributed by atoms with Crippen molar-refractivity contribution in [1.29, 1.82) is 0 Å². The summed E-state index contributed by atoms with van der Waals surface area (Å²) in [6.45, 7) is 0.281. The summed E-state index contributed by atoms with van der Waals surface area (Å²) in [5.74, 6) is -0.549. The number of anilines is 1. The van der Waals surface area contributed by atoms with Gasteiger partial charge in [0.1, 0.15) is 36.5 Å². The van der Waals surface area contributed by atoms with E-state index in [0.717, 1.165) is 6.20 Å². The van der Waals surface area contributed by atoms with Crippen LogP contribution in [0.4, 0.5) is 15.0 Å². The first kappa shape index (κ1) is 16.4. The lowest BCUT2D eigenvalue weighted by molar-refractivity contribution is 0.0948. The summed E-state index contributed by atoms with van der Waals surface area (Å²) in [5, 5.41) is 6.82. The summed E-state index contributed by atoms with van der Waals surface area (Å²) >= 11 is 0. The molecule has 28 heavy (non-hydrogen) atoms. The van der Waals surface area contributed by atoms with Crippen molar-refractivity contribution >= 4 is 23.5 Å². The molecule has 142 valence electrons. The predicted molar refractivity (Wildman–Crippen MR) is 91.6 cm³/mol. The molecule has 11 heteroatoms. The Bertz CT molecular complexity index is 1120. The van der Waals surface area contributed by atoms with Crippen LogP contribution in [0.3, 0.4) is 0 Å². The van der Waals surface area contributed by atoms with Crippen LogP contribution in [0.2, 0.25) is 0 Å². The quantitative estimate of drug-likeness (QED) is 0.617. The molecule has 3 aromatic heterocycles. The molecular formula is C17H13FN6O4. The predicted octanol–water partition coefficient (Wildman–Crippen LogP) is 1.08. The fourth-order valence-electron chi connectivity index (χ4n) is 3.27. The molecule has 2 aliphatic heterocycles. The maximum atomic E-state index is 13.9. The van der Waals surface area contributed by atoms with Crippen LogP contribution in [0, 0.1) is 5.82 Å². The zero-order valence-electron chi connectivity index (χ0n) is 14.3. The van der Waals surface area contributed by atoms with E-state index in [2.05, 4.69) is 20.4 Å². The number of rotatable bonds is 0. The number of pyridine rings is 1. The van der Waals surface area contributed by atoms with Gasteiger partial charge in [-0.15, -0.1) is 0 Å². The first-order chi connectivity index (χ1) is 13.6. The summed E-state index contributed by atoms with van der Waals surface area (Å²) < 4.78 is 26.1. The number of cyclic esters (lactones) is 1. The highest BCUT2D eigenvalue weighted by molar-refractivity contribution is 6.00. The summed E-state index contributed by atoms with van der Waals surface area (Å²) in [6, 6.07) is 2.13. The van der Waals surface area contributed by atoms with Gasteiger partial charge in [-0.05, 0) is 12.1 Å². The average Bonchev–Trinajstić information content (AvgIpc) is 3.28. The normalized spacial score (nSPS) is 19.0. The van der Waals surface area contributed by atoms with Crippen molar-refractivity contribution in [2.24, 2.45) is 0 Å². The van der Waals surface area contributed by atoms with Crippen LogP contribution in [0.25, 0.3) is 5.65 Å². The molecule has 10 nitrogen and oxygen atoms in total. The van der Waals surface area contributed by atoms with E-state index in [0.29, 0.717) is 5.56 Å². The zero-order valence-corrected chi connectivity index (χ0v) is 14.3. The van der Waals surface area contributed by atoms with Crippen molar-refractivity contribution in [3.8, 4) is 5.88 Å². The Morgan fingerprint density at radius 2 is 2.14 bits per heavy atom. The molecule has 0 spiro atoms. The molecule has 1 atom stereocenters. The van der Waals surface area contributed by atoms with Gasteiger partial charge < -0.3 is 14.8 Å². The van der Waals surface area contributed by atoms with E-state index in [1.54, 1.807) is 12.3 Å². The lowest BCUT2D eigenvalue weighted by Gasteiger charge is -2.22. The van der Waals surface area contributed by atoms with Gasteiger partial charge in [-0.25, -0.2) is 23.7 Å². The molecule has 0 saturated carbocycles. The highest BCUT2D eigenvalue weighted by atomic mass is 19.1. The fourth-order valence-corrected chi connectivity index (χ4v) is 3.27. The van der Waals surface area contributed by atoms with Crippen LogP contribution in [-0.4, -0.2) is 51.3 Å². The number of amides is 2. The van der Waals surface area contributed by atoms with E-state index in [9.17, 15) is 14.0 Å². The maximum Gasteiger partial charge on any atom is 0.416 e. The fraction of sp³-hybridized carbons (Fsp3) is 0.235. The zero-order chi connectivity index (χ0) is 19.3. The Hall–Kier alpha value is -3.76. The number of carbonyl (C=O) groups is 2. The largest absolute Gasteiger partial charge is 0.476 e. The number of hydrogen-bond acceptors (Lipinski definition) is 7. The van der Waals surface area contributed by atoms with Crippen molar-refractivity contribution in [2.75, 3.05) is 24.7 Å². The molecule has 1 N–H and O–H groups in total. The van der Waals surface area contributed by atoms with Crippen LogP contribution >= 0.6 is 0 Å². The van der Waals surface area contributed by atoms with E-state index in [4.69, 9.17) is 9.47 Å². The Morgan fingerprint density at radius 3 is 3.04 bits per heavy atom. The molecule has 0 unspecified atom stereocenters. The summed E-state index contributed by atoms with van der Waals surface area (Å²) in [4.78, 5) is 34.6. The number of hydrogen-bond donors (Lipinski definition) is 1. The van der Waals surface area contributed by atoms with Crippen molar-refractivity contribution in [3.05, 3.63) is 47.7 Å². The Morgan fingerprint density at radius 1 is 1.25 bits per heavy atom. The maximum absolute atomic E-state index is 13.9. The van der Waals surface area contributed by atoms with E-state index in [1.165, 1.54) is 21.7 Å². The van der Waals surface area contributed by atoms with E-state index < -0.39 is 18.0 Å². The molecule has 2 bridgehead atoms. The number of aromatic nitrogens is 4. The van der Waals surface area contributed by atoms with Gasteiger partial charge in [0.2, 0.25) is 5.88 Å². The van der Waals surface area contributed by atoms with Crippen molar-refractivity contribution < 1.29 is 23.5 Å². The second-order valence-electron chi connectivity index (χ2n) is 6.23. The van der Waals surface area contributed by atoms with E-state index in [1.807, 2.05) is 0 Å². The molecule has 5 rings (SSSR count). The smallest absolute Gasteiger partial charge is 0.416 e. The Balaban J connectivity index is 1.71. The van der Waals surface area contributed by atoms with Crippen molar-refractivity contribution in [1.82, 2.24) is 24.9 Å². The Labute approximate surface area is 156 Å². The number of carbonyl (C=O) groups excluding carboxylic acids is 2. The van der Waals surface area contributed by atoms with Gasteiger partial charge in [0.05, 0.1) is 18.9 Å². The van der Waals surface area contributed by atoms with Crippen molar-refractivity contribution in [2.45, 2.75) is 6.04 Å². The third-order valence-electron chi connectivity index (χ3n) is 4.55. The summed E-state index contributed by atoms with van der Waals surface area (Å²) in [5.41, 5.74) is 0.893. The average molecular weight is 384 g/mol. The third-order valence-corrected chi connectivity index (χ3v) is 4.55. The van der Waals surface area contributed by atoms with E-state index in [-0.39, 0.29) is 48.6 Å².